The van der Waals surface area contributed by atoms with Crippen molar-refractivity contribution >= 4 is 11.9 Å². The van der Waals surface area contributed by atoms with Crippen LogP contribution in [0.25, 0.3) is 0 Å². The van der Waals surface area contributed by atoms with Gasteiger partial charge in [0, 0.05) is 6.21 Å². The molecule has 0 bridgehead atoms. The monoisotopic (exact) mass is 201 g/mol. The molecule has 0 saturated carbocycles. The van der Waals surface area contributed by atoms with E-state index in [9.17, 15) is 0 Å². The highest BCUT2D eigenvalue weighted by Crippen LogP contribution is 2.36. The van der Waals surface area contributed by atoms with Gasteiger partial charge in [-0.15, -0.1) is 0 Å². The number of benzene rings is 1. The largest absolute Gasteiger partial charge is 0.260 e. The average Bonchev–Trinajstić information content (AvgIpc) is 2.15. The van der Waals surface area contributed by atoms with Crippen molar-refractivity contribution < 1.29 is 0 Å². The molecule has 1 heteroatoms. The summed E-state index contributed by atoms with van der Waals surface area (Å²) in [6.07, 6.45) is 3.21. The summed E-state index contributed by atoms with van der Waals surface area (Å²) in [5, 5.41) is 0. The van der Waals surface area contributed by atoms with Crippen LogP contribution in [-0.2, 0) is 11.8 Å². The Labute approximate surface area is 92.2 Å². The second kappa shape index (κ2) is 3.48. The first-order chi connectivity index (χ1) is 6.98. The van der Waals surface area contributed by atoms with Gasteiger partial charge in [0.25, 0.3) is 0 Å². The lowest BCUT2D eigenvalue weighted by molar-refractivity contribution is 0.589. The summed E-state index contributed by atoms with van der Waals surface area (Å²) in [5.74, 6) is 0.577. The zero-order valence-corrected chi connectivity index (χ0v) is 10.0. The standard InChI is InChI=1S/C14H19N/c1-10-8-11-6-5-7-12(14(2,3)4)13(11)15-9-10/h5-7,9-10H,8H2,1-4H3. The normalized spacial score (nSPS) is 20.1. The highest BCUT2D eigenvalue weighted by molar-refractivity contribution is 5.73. The molecule has 2 rings (SSSR count). The lowest BCUT2D eigenvalue weighted by Crippen LogP contribution is -2.15. The van der Waals surface area contributed by atoms with Crippen LogP contribution in [0.2, 0.25) is 0 Å². The van der Waals surface area contributed by atoms with Crippen molar-refractivity contribution in [1.29, 1.82) is 0 Å². The van der Waals surface area contributed by atoms with Crippen molar-refractivity contribution in [3.8, 4) is 0 Å². The number of nitrogens with zero attached hydrogens (tertiary/aromatic N) is 1. The van der Waals surface area contributed by atoms with Crippen LogP contribution in [0.5, 0.6) is 0 Å². The van der Waals surface area contributed by atoms with E-state index < -0.39 is 0 Å². The maximum absolute atomic E-state index is 4.62. The molecule has 1 atom stereocenters. The number of para-hydroxylation sites is 1. The SMILES string of the molecule is CC1C=Nc2c(cccc2C(C)(C)C)C1. The molecule has 0 aromatic heterocycles. The van der Waals surface area contributed by atoms with Crippen molar-refractivity contribution in [3.63, 3.8) is 0 Å². The van der Waals surface area contributed by atoms with Gasteiger partial charge in [-0.1, -0.05) is 45.9 Å². The van der Waals surface area contributed by atoms with E-state index in [-0.39, 0.29) is 5.41 Å². The summed E-state index contributed by atoms with van der Waals surface area (Å²) in [4.78, 5) is 4.62. The molecule has 1 unspecified atom stereocenters. The Bertz CT molecular complexity index is 396. The molecule has 15 heavy (non-hydrogen) atoms. The maximum Gasteiger partial charge on any atom is 0.0695 e. The molecule has 1 aromatic rings. The van der Waals surface area contributed by atoms with Gasteiger partial charge in [-0.05, 0) is 28.9 Å². The molecule has 0 radical (unpaired) electrons. The molecular formula is C14H19N. The highest BCUT2D eigenvalue weighted by atomic mass is 14.8. The summed E-state index contributed by atoms with van der Waals surface area (Å²) in [7, 11) is 0. The fourth-order valence-corrected chi connectivity index (χ4v) is 2.12. The van der Waals surface area contributed by atoms with Crippen LogP contribution in [0.1, 0.15) is 38.8 Å². The Morgan fingerprint density at radius 3 is 2.67 bits per heavy atom. The van der Waals surface area contributed by atoms with E-state index in [2.05, 4.69) is 57.1 Å². The van der Waals surface area contributed by atoms with Gasteiger partial charge in [0.15, 0.2) is 0 Å². The second-order valence-corrected chi connectivity index (χ2v) is 5.52. The fourth-order valence-electron chi connectivity index (χ4n) is 2.12. The number of hydrogen-bond donors (Lipinski definition) is 0. The van der Waals surface area contributed by atoms with Crippen molar-refractivity contribution in [2.24, 2.45) is 10.9 Å². The Kier molecular flexibility index (Phi) is 2.41. The van der Waals surface area contributed by atoms with Crippen LogP contribution in [-0.4, -0.2) is 6.21 Å². The first kappa shape index (κ1) is 10.4. The van der Waals surface area contributed by atoms with Crippen molar-refractivity contribution in [3.05, 3.63) is 29.3 Å². The summed E-state index contributed by atoms with van der Waals surface area (Å²) in [5.41, 5.74) is 4.16. The minimum Gasteiger partial charge on any atom is -0.260 e. The highest BCUT2D eigenvalue weighted by Gasteiger charge is 2.21. The molecule has 0 spiro atoms. The minimum absolute atomic E-state index is 0.184. The van der Waals surface area contributed by atoms with Gasteiger partial charge >= 0.3 is 0 Å². The van der Waals surface area contributed by atoms with Crippen LogP contribution >= 0.6 is 0 Å². The predicted octanol–water partition coefficient (Wildman–Crippen LogP) is 3.88. The number of aliphatic imine (C=N–C) groups is 1. The van der Waals surface area contributed by atoms with Gasteiger partial charge in [-0.3, -0.25) is 4.99 Å². The zero-order valence-electron chi connectivity index (χ0n) is 10.0. The van der Waals surface area contributed by atoms with E-state index in [1.165, 1.54) is 16.8 Å². The van der Waals surface area contributed by atoms with E-state index >= 15 is 0 Å². The van der Waals surface area contributed by atoms with Crippen LogP contribution in [0.4, 0.5) is 5.69 Å². The number of hydrogen-bond acceptors (Lipinski definition) is 1. The molecule has 1 aliphatic rings. The van der Waals surface area contributed by atoms with Crippen molar-refractivity contribution in [2.75, 3.05) is 0 Å². The van der Waals surface area contributed by atoms with Crippen LogP contribution in [0.3, 0.4) is 0 Å². The van der Waals surface area contributed by atoms with Crippen LogP contribution in [0, 0.1) is 5.92 Å². The average molecular weight is 201 g/mol. The molecule has 0 saturated heterocycles. The zero-order chi connectivity index (χ0) is 11.1. The van der Waals surface area contributed by atoms with Gasteiger partial charge in [-0.25, -0.2) is 0 Å². The first-order valence-corrected chi connectivity index (χ1v) is 5.65. The van der Waals surface area contributed by atoms with Crippen molar-refractivity contribution in [1.82, 2.24) is 0 Å². The summed E-state index contributed by atoms with van der Waals surface area (Å²) in [6, 6.07) is 6.57. The molecule has 1 aliphatic heterocycles. The van der Waals surface area contributed by atoms with Gasteiger partial charge in [0.1, 0.15) is 0 Å². The van der Waals surface area contributed by atoms with E-state index in [1.54, 1.807) is 0 Å². The third kappa shape index (κ3) is 1.97. The van der Waals surface area contributed by atoms with Gasteiger partial charge in [0.05, 0.1) is 5.69 Å². The van der Waals surface area contributed by atoms with E-state index in [4.69, 9.17) is 0 Å². The topological polar surface area (TPSA) is 12.4 Å². The lowest BCUT2D eigenvalue weighted by Gasteiger charge is -2.25. The predicted molar refractivity (Wildman–Crippen MR) is 66.2 cm³/mol. The number of fused-ring (bicyclic) bond motifs is 1. The summed E-state index contributed by atoms with van der Waals surface area (Å²) >= 11 is 0. The Morgan fingerprint density at radius 1 is 1.27 bits per heavy atom. The molecule has 1 heterocycles. The quantitative estimate of drug-likeness (QED) is 0.604. The molecule has 1 aromatic carbocycles. The first-order valence-electron chi connectivity index (χ1n) is 5.65. The molecule has 80 valence electrons. The molecule has 0 aliphatic carbocycles. The smallest absolute Gasteiger partial charge is 0.0695 e. The van der Waals surface area contributed by atoms with Gasteiger partial charge < -0.3 is 0 Å². The van der Waals surface area contributed by atoms with E-state index in [0.717, 1.165) is 6.42 Å². The second-order valence-electron chi connectivity index (χ2n) is 5.52. The Hall–Kier alpha value is -1.11. The van der Waals surface area contributed by atoms with E-state index in [0.29, 0.717) is 5.92 Å². The van der Waals surface area contributed by atoms with Gasteiger partial charge in [-0.2, -0.15) is 0 Å². The van der Waals surface area contributed by atoms with Gasteiger partial charge in [0.2, 0.25) is 0 Å². The summed E-state index contributed by atoms with van der Waals surface area (Å²) < 4.78 is 0. The fraction of sp³-hybridized carbons (Fsp3) is 0.500. The maximum atomic E-state index is 4.62. The summed E-state index contributed by atoms with van der Waals surface area (Å²) in [6.45, 7) is 8.96. The third-order valence-corrected chi connectivity index (χ3v) is 2.93. The molecular weight excluding hydrogens is 182 g/mol. The third-order valence-electron chi connectivity index (χ3n) is 2.93. The molecule has 0 amide bonds. The molecule has 1 nitrogen and oxygen atoms in total. The minimum atomic E-state index is 0.184. The lowest BCUT2D eigenvalue weighted by atomic mass is 9.82. The van der Waals surface area contributed by atoms with E-state index in [1.807, 2.05) is 0 Å². The van der Waals surface area contributed by atoms with Crippen LogP contribution < -0.4 is 0 Å². The Morgan fingerprint density at radius 2 is 2.00 bits per heavy atom. The van der Waals surface area contributed by atoms with Crippen molar-refractivity contribution in [2.45, 2.75) is 39.5 Å². The number of rotatable bonds is 0. The van der Waals surface area contributed by atoms with Crippen LogP contribution in [0.15, 0.2) is 23.2 Å². The molecule has 0 N–H and O–H groups in total. The molecule has 0 fully saturated rings. The Balaban J connectivity index is 2.55.